The zero-order chi connectivity index (χ0) is 10.5. The van der Waals surface area contributed by atoms with Gasteiger partial charge in [0.25, 0.3) is 0 Å². The highest BCUT2D eigenvalue weighted by Crippen LogP contribution is 2.11. The zero-order valence-corrected chi connectivity index (χ0v) is 9.63. The molecule has 0 saturated heterocycles. The van der Waals surface area contributed by atoms with Crippen LogP contribution >= 0.6 is 11.3 Å². The van der Waals surface area contributed by atoms with Crippen molar-refractivity contribution in [2.45, 2.75) is 20.0 Å². The fourth-order valence-electron chi connectivity index (χ4n) is 1.46. The van der Waals surface area contributed by atoms with Gasteiger partial charge in [-0.2, -0.15) is 0 Å². The SMILES string of the molecule is CCNCc1nccn1Cc1cccs1. The molecule has 0 aliphatic rings. The number of hydrogen-bond donors (Lipinski definition) is 1. The Bertz CT molecular complexity index is 392. The summed E-state index contributed by atoms with van der Waals surface area (Å²) in [4.78, 5) is 5.71. The molecule has 0 aliphatic heterocycles. The second-order valence-corrected chi connectivity index (χ2v) is 4.36. The lowest BCUT2D eigenvalue weighted by atomic mass is 10.4. The average Bonchev–Trinajstić information content (AvgIpc) is 2.87. The molecule has 0 bridgehead atoms. The lowest BCUT2D eigenvalue weighted by molar-refractivity contribution is 0.642. The predicted molar refractivity (Wildman–Crippen MR) is 63.0 cm³/mol. The molecule has 80 valence electrons. The Labute approximate surface area is 93.8 Å². The van der Waals surface area contributed by atoms with Gasteiger partial charge in [-0.1, -0.05) is 13.0 Å². The van der Waals surface area contributed by atoms with Crippen molar-refractivity contribution in [3.63, 3.8) is 0 Å². The Hall–Kier alpha value is -1.13. The zero-order valence-electron chi connectivity index (χ0n) is 8.81. The number of thiophene rings is 1. The van der Waals surface area contributed by atoms with Gasteiger partial charge in [0.2, 0.25) is 0 Å². The molecule has 0 aromatic carbocycles. The van der Waals surface area contributed by atoms with Gasteiger partial charge in [0.1, 0.15) is 5.82 Å². The summed E-state index contributed by atoms with van der Waals surface area (Å²) in [6, 6.07) is 4.24. The number of aromatic nitrogens is 2. The standard InChI is InChI=1S/C11H15N3S/c1-2-12-8-11-13-5-6-14(11)9-10-4-3-7-15-10/h3-7,12H,2,8-9H2,1H3. The molecule has 2 aromatic heterocycles. The van der Waals surface area contributed by atoms with Crippen LogP contribution in [0.3, 0.4) is 0 Å². The third-order valence-electron chi connectivity index (χ3n) is 2.24. The summed E-state index contributed by atoms with van der Waals surface area (Å²) in [5.74, 6) is 1.10. The van der Waals surface area contributed by atoms with Gasteiger partial charge in [0.15, 0.2) is 0 Å². The first-order valence-electron chi connectivity index (χ1n) is 5.13. The molecule has 0 atom stereocenters. The Kier molecular flexibility index (Phi) is 3.53. The smallest absolute Gasteiger partial charge is 0.122 e. The van der Waals surface area contributed by atoms with Crippen LogP contribution in [0.1, 0.15) is 17.6 Å². The second-order valence-electron chi connectivity index (χ2n) is 3.33. The minimum Gasteiger partial charge on any atom is -0.329 e. The summed E-state index contributed by atoms with van der Waals surface area (Å²) in [5, 5.41) is 5.40. The Balaban J connectivity index is 2.04. The van der Waals surface area contributed by atoms with Gasteiger partial charge in [-0.15, -0.1) is 11.3 Å². The molecular weight excluding hydrogens is 206 g/mol. The first-order chi connectivity index (χ1) is 7.40. The fraction of sp³-hybridized carbons (Fsp3) is 0.364. The predicted octanol–water partition coefficient (Wildman–Crippen LogP) is 2.10. The first kappa shape index (κ1) is 10.4. The van der Waals surface area contributed by atoms with E-state index in [9.17, 15) is 0 Å². The third-order valence-corrected chi connectivity index (χ3v) is 3.10. The van der Waals surface area contributed by atoms with E-state index in [4.69, 9.17) is 0 Å². The van der Waals surface area contributed by atoms with E-state index in [1.807, 2.05) is 12.4 Å². The minimum atomic E-state index is 0.842. The maximum atomic E-state index is 4.34. The highest BCUT2D eigenvalue weighted by atomic mass is 32.1. The van der Waals surface area contributed by atoms with E-state index >= 15 is 0 Å². The lowest BCUT2D eigenvalue weighted by Crippen LogP contribution is -2.16. The molecule has 0 saturated carbocycles. The van der Waals surface area contributed by atoms with Gasteiger partial charge in [0, 0.05) is 17.3 Å². The molecule has 2 heterocycles. The van der Waals surface area contributed by atoms with Crippen molar-refractivity contribution < 1.29 is 0 Å². The van der Waals surface area contributed by atoms with E-state index in [1.165, 1.54) is 4.88 Å². The molecule has 1 N–H and O–H groups in total. The number of nitrogens with one attached hydrogen (secondary N) is 1. The molecule has 0 aliphatic carbocycles. The molecule has 3 nitrogen and oxygen atoms in total. The van der Waals surface area contributed by atoms with Crippen molar-refractivity contribution >= 4 is 11.3 Å². The van der Waals surface area contributed by atoms with E-state index in [1.54, 1.807) is 11.3 Å². The van der Waals surface area contributed by atoms with Crippen LogP contribution in [0.5, 0.6) is 0 Å². The Morgan fingerprint density at radius 1 is 1.53 bits per heavy atom. The maximum Gasteiger partial charge on any atom is 0.122 e. The van der Waals surface area contributed by atoms with Gasteiger partial charge < -0.3 is 9.88 Å². The number of imidazole rings is 1. The first-order valence-corrected chi connectivity index (χ1v) is 6.01. The summed E-state index contributed by atoms with van der Waals surface area (Å²) < 4.78 is 2.19. The van der Waals surface area contributed by atoms with Crippen molar-refractivity contribution in [2.24, 2.45) is 0 Å². The molecule has 0 fully saturated rings. The van der Waals surface area contributed by atoms with E-state index in [-0.39, 0.29) is 0 Å². The van der Waals surface area contributed by atoms with Crippen molar-refractivity contribution in [1.82, 2.24) is 14.9 Å². The lowest BCUT2D eigenvalue weighted by Gasteiger charge is -2.06. The molecule has 0 radical (unpaired) electrons. The van der Waals surface area contributed by atoms with Crippen molar-refractivity contribution in [3.05, 3.63) is 40.6 Å². The van der Waals surface area contributed by atoms with Gasteiger partial charge in [-0.05, 0) is 18.0 Å². The van der Waals surface area contributed by atoms with Gasteiger partial charge in [-0.3, -0.25) is 0 Å². The van der Waals surface area contributed by atoms with E-state index in [2.05, 4.69) is 39.3 Å². The van der Waals surface area contributed by atoms with E-state index in [0.717, 1.165) is 25.5 Å². The summed E-state index contributed by atoms with van der Waals surface area (Å²) >= 11 is 1.78. The second kappa shape index (κ2) is 5.09. The summed E-state index contributed by atoms with van der Waals surface area (Å²) in [6.07, 6.45) is 3.90. The highest BCUT2D eigenvalue weighted by Gasteiger charge is 2.02. The van der Waals surface area contributed by atoms with E-state index in [0.29, 0.717) is 0 Å². The van der Waals surface area contributed by atoms with E-state index < -0.39 is 0 Å². The minimum absolute atomic E-state index is 0.842. The molecule has 2 rings (SSSR count). The van der Waals surface area contributed by atoms with Crippen molar-refractivity contribution in [2.75, 3.05) is 6.54 Å². The van der Waals surface area contributed by atoms with Gasteiger partial charge >= 0.3 is 0 Å². The Morgan fingerprint density at radius 3 is 3.20 bits per heavy atom. The van der Waals surface area contributed by atoms with Crippen LogP contribution in [0.2, 0.25) is 0 Å². The van der Waals surface area contributed by atoms with Crippen molar-refractivity contribution in [3.8, 4) is 0 Å². The van der Waals surface area contributed by atoms with Crippen molar-refractivity contribution in [1.29, 1.82) is 0 Å². The molecular formula is C11H15N3S. The van der Waals surface area contributed by atoms with Crippen LogP contribution in [0.15, 0.2) is 29.9 Å². The average molecular weight is 221 g/mol. The molecule has 4 heteroatoms. The van der Waals surface area contributed by atoms with Crippen LogP contribution in [-0.2, 0) is 13.1 Å². The van der Waals surface area contributed by atoms with Crippen LogP contribution in [0, 0.1) is 0 Å². The number of hydrogen-bond acceptors (Lipinski definition) is 3. The monoisotopic (exact) mass is 221 g/mol. The maximum absolute atomic E-state index is 4.34. The third kappa shape index (κ3) is 2.67. The molecule has 2 aromatic rings. The Morgan fingerprint density at radius 2 is 2.47 bits per heavy atom. The molecule has 0 unspecified atom stereocenters. The summed E-state index contributed by atoms with van der Waals surface area (Å²) in [6.45, 7) is 4.85. The largest absolute Gasteiger partial charge is 0.329 e. The normalized spacial score (nSPS) is 10.7. The highest BCUT2D eigenvalue weighted by molar-refractivity contribution is 7.09. The van der Waals surface area contributed by atoms with Crippen LogP contribution in [-0.4, -0.2) is 16.1 Å². The summed E-state index contributed by atoms with van der Waals surface area (Å²) in [7, 11) is 0. The van der Waals surface area contributed by atoms with Gasteiger partial charge in [0.05, 0.1) is 13.1 Å². The number of rotatable bonds is 5. The summed E-state index contributed by atoms with van der Waals surface area (Å²) in [5.41, 5.74) is 0. The van der Waals surface area contributed by atoms with Crippen LogP contribution in [0.25, 0.3) is 0 Å². The molecule has 0 spiro atoms. The topological polar surface area (TPSA) is 29.9 Å². The van der Waals surface area contributed by atoms with Gasteiger partial charge in [-0.25, -0.2) is 4.98 Å². The number of nitrogens with zero attached hydrogens (tertiary/aromatic N) is 2. The van der Waals surface area contributed by atoms with Crippen LogP contribution in [0.4, 0.5) is 0 Å². The molecule has 0 amide bonds. The van der Waals surface area contributed by atoms with Crippen LogP contribution < -0.4 is 5.32 Å². The quantitative estimate of drug-likeness (QED) is 0.838. The molecule has 15 heavy (non-hydrogen) atoms. The fourth-order valence-corrected chi connectivity index (χ4v) is 2.16.